The minimum Gasteiger partial charge on any atom is -0.481 e. The van der Waals surface area contributed by atoms with Crippen LogP contribution in [0.1, 0.15) is 60.3 Å². The summed E-state index contributed by atoms with van der Waals surface area (Å²) in [5.41, 5.74) is 5.85. The number of nitrogens with one attached hydrogen (secondary N) is 3. The lowest BCUT2D eigenvalue weighted by Gasteiger charge is -2.26. The van der Waals surface area contributed by atoms with E-state index in [0.29, 0.717) is 6.42 Å². The lowest BCUT2D eigenvalue weighted by Crippen LogP contribution is -2.58. The Kier molecular flexibility index (Phi) is 13.2. The SMILES string of the molecule is CC(C)CC(N)C(=O)NC(CCC(=O)O)C(=O)NC(CC(C)C)C(=O)NC(C(=O)O)C(C)O. The number of rotatable bonds is 15. The van der Waals surface area contributed by atoms with Crippen LogP contribution in [0.5, 0.6) is 0 Å². The van der Waals surface area contributed by atoms with Gasteiger partial charge < -0.3 is 37.0 Å². The van der Waals surface area contributed by atoms with E-state index in [4.69, 9.17) is 10.8 Å². The first-order chi connectivity index (χ1) is 15.1. The molecule has 0 saturated heterocycles. The Morgan fingerprint density at radius 3 is 1.67 bits per heavy atom. The normalized spacial score (nSPS) is 15.8. The molecule has 0 aromatic rings. The molecule has 5 atom stereocenters. The maximum atomic E-state index is 12.9. The number of nitrogens with two attached hydrogens (primary N) is 1. The second kappa shape index (κ2) is 14.4. The van der Waals surface area contributed by atoms with Gasteiger partial charge >= 0.3 is 11.9 Å². The van der Waals surface area contributed by atoms with E-state index < -0.39 is 66.4 Å². The van der Waals surface area contributed by atoms with Crippen LogP contribution < -0.4 is 21.7 Å². The summed E-state index contributed by atoms with van der Waals surface area (Å²) in [6.45, 7) is 8.50. The van der Waals surface area contributed by atoms with Crippen molar-refractivity contribution in [3.05, 3.63) is 0 Å². The van der Waals surface area contributed by atoms with Crippen molar-refractivity contribution in [1.82, 2.24) is 16.0 Å². The van der Waals surface area contributed by atoms with Gasteiger partial charge in [0.05, 0.1) is 12.1 Å². The third kappa shape index (κ3) is 12.2. The molecular weight excluding hydrogens is 436 g/mol. The van der Waals surface area contributed by atoms with Gasteiger partial charge in [-0.2, -0.15) is 0 Å². The first kappa shape index (κ1) is 30.3. The van der Waals surface area contributed by atoms with Gasteiger partial charge in [0.1, 0.15) is 12.1 Å². The highest BCUT2D eigenvalue weighted by atomic mass is 16.4. The van der Waals surface area contributed by atoms with Crippen LogP contribution >= 0.6 is 0 Å². The Morgan fingerprint density at radius 1 is 0.758 bits per heavy atom. The molecule has 0 aliphatic rings. The van der Waals surface area contributed by atoms with Crippen molar-refractivity contribution in [2.45, 2.75) is 90.6 Å². The summed E-state index contributed by atoms with van der Waals surface area (Å²) in [5.74, 6) is -4.84. The van der Waals surface area contributed by atoms with Crippen LogP contribution in [0.25, 0.3) is 0 Å². The minimum absolute atomic E-state index is 0.0811. The number of hydrogen-bond donors (Lipinski definition) is 7. The highest BCUT2D eigenvalue weighted by Gasteiger charge is 2.32. The number of carboxylic acids is 2. The Balaban J connectivity index is 5.55. The predicted octanol–water partition coefficient (Wildman–Crippen LogP) is -0.809. The number of aliphatic hydroxyl groups is 1. The zero-order chi connectivity index (χ0) is 25.9. The second-order valence-corrected chi connectivity index (χ2v) is 8.99. The molecular formula is C21H38N4O8. The number of carboxylic acid groups (broad SMARTS) is 2. The summed E-state index contributed by atoms with van der Waals surface area (Å²) in [7, 11) is 0. The summed E-state index contributed by atoms with van der Waals surface area (Å²) in [4.78, 5) is 60.2. The van der Waals surface area contributed by atoms with Gasteiger partial charge in [0.2, 0.25) is 17.7 Å². The summed E-state index contributed by atoms with van der Waals surface area (Å²) >= 11 is 0. The molecule has 5 unspecified atom stereocenters. The number of carbonyl (C=O) groups excluding carboxylic acids is 3. The molecule has 33 heavy (non-hydrogen) atoms. The lowest BCUT2D eigenvalue weighted by atomic mass is 10.0. The number of carbonyl (C=O) groups is 5. The fraction of sp³-hybridized carbons (Fsp3) is 0.762. The third-order valence-electron chi connectivity index (χ3n) is 4.73. The average Bonchev–Trinajstić information content (AvgIpc) is 2.66. The van der Waals surface area contributed by atoms with Gasteiger partial charge in [-0.05, 0) is 38.0 Å². The average molecular weight is 475 g/mol. The molecule has 0 radical (unpaired) electrons. The summed E-state index contributed by atoms with van der Waals surface area (Å²) in [6.07, 6.45) is -1.54. The standard InChI is InChI=1S/C21H38N4O8/c1-10(2)8-13(22)18(29)23-14(6-7-16(27)28)19(30)24-15(9-11(3)4)20(31)25-17(12(5)26)21(32)33/h10-15,17,26H,6-9,22H2,1-5H3,(H,23,29)(H,24,30)(H,25,31)(H,27,28)(H,32,33). The highest BCUT2D eigenvalue weighted by Crippen LogP contribution is 2.09. The first-order valence-electron chi connectivity index (χ1n) is 10.9. The van der Waals surface area contributed by atoms with Crippen LogP contribution in [-0.2, 0) is 24.0 Å². The van der Waals surface area contributed by atoms with Crippen LogP contribution in [0.2, 0.25) is 0 Å². The van der Waals surface area contributed by atoms with Gasteiger partial charge in [0.25, 0.3) is 0 Å². The van der Waals surface area contributed by atoms with E-state index in [2.05, 4.69) is 16.0 Å². The van der Waals surface area contributed by atoms with E-state index in [0.717, 1.165) is 0 Å². The van der Waals surface area contributed by atoms with Gasteiger partial charge in [-0.25, -0.2) is 4.79 Å². The Hall–Kier alpha value is -2.73. The largest absolute Gasteiger partial charge is 0.481 e. The molecule has 0 saturated carbocycles. The molecule has 0 spiro atoms. The number of aliphatic carboxylic acids is 2. The van der Waals surface area contributed by atoms with Crippen molar-refractivity contribution < 1.29 is 39.3 Å². The van der Waals surface area contributed by atoms with Gasteiger partial charge in [-0.1, -0.05) is 27.7 Å². The summed E-state index contributed by atoms with van der Waals surface area (Å²) in [5, 5.41) is 34.9. The molecule has 8 N–H and O–H groups in total. The first-order valence-corrected chi connectivity index (χ1v) is 10.9. The topological polar surface area (TPSA) is 208 Å². The number of amides is 3. The number of aliphatic hydroxyl groups excluding tert-OH is 1. The number of hydrogen-bond acceptors (Lipinski definition) is 7. The monoisotopic (exact) mass is 474 g/mol. The van der Waals surface area contributed by atoms with Crippen molar-refractivity contribution in [3.8, 4) is 0 Å². The van der Waals surface area contributed by atoms with Crippen molar-refractivity contribution in [1.29, 1.82) is 0 Å². The Bertz CT molecular complexity index is 696. The van der Waals surface area contributed by atoms with E-state index in [9.17, 15) is 34.2 Å². The fourth-order valence-corrected chi connectivity index (χ4v) is 3.05. The molecule has 0 aromatic carbocycles. The van der Waals surface area contributed by atoms with Gasteiger partial charge in [0, 0.05) is 6.42 Å². The lowest BCUT2D eigenvalue weighted by molar-refractivity contribution is -0.145. The quantitative estimate of drug-likeness (QED) is 0.158. The molecule has 0 bridgehead atoms. The molecule has 190 valence electrons. The summed E-state index contributed by atoms with van der Waals surface area (Å²) in [6, 6.07) is -4.92. The fourth-order valence-electron chi connectivity index (χ4n) is 3.05. The molecule has 12 heteroatoms. The molecule has 0 heterocycles. The smallest absolute Gasteiger partial charge is 0.328 e. The van der Waals surface area contributed by atoms with Crippen molar-refractivity contribution in [2.24, 2.45) is 17.6 Å². The second-order valence-electron chi connectivity index (χ2n) is 8.99. The van der Waals surface area contributed by atoms with E-state index >= 15 is 0 Å². The van der Waals surface area contributed by atoms with E-state index in [1.807, 2.05) is 13.8 Å². The molecule has 0 aromatic heterocycles. The summed E-state index contributed by atoms with van der Waals surface area (Å²) < 4.78 is 0. The van der Waals surface area contributed by atoms with Crippen molar-refractivity contribution in [3.63, 3.8) is 0 Å². The third-order valence-corrected chi connectivity index (χ3v) is 4.73. The van der Waals surface area contributed by atoms with Crippen LogP contribution in [0.15, 0.2) is 0 Å². The van der Waals surface area contributed by atoms with Crippen molar-refractivity contribution in [2.75, 3.05) is 0 Å². The van der Waals surface area contributed by atoms with E-state index in [1.54, 1.807) is 13.8 Å². The molecule has 0 aliphatic heterocycles. The van der Waals surface area contributed by atoms with Crippen LogP contribution in [0.4, 0.5) is 0 Å². The van der Waals surface area contributed by atoms with Gasteiger partial charge in [-0.3, -0.25) is 19.2 Å². The minimum atomic E-state index is -1.58. The molecule has 0 rings (SSSR count). The van der Waals surface area contributed by atoms with E-state index in [1.165, 1.54) is 6.92 Å². The molecule has 0 aliphatic carbocycles. The highest BCUT2D eigenvalue weighted by molar-refractivity contribution is 5.94. The predicted molar refractivity (Wildman–Crippen MR) is 119 cm³/mol. The van der Waals surface area contributed by atoms with E-state index in [-0.39, 0.29) is 24.7 Å². The zero-order valence-electron chi connectivity index (χ0n) is 19.8. The molecule has 3 amide bonds. The van der Waals surface area contributed by atoms with Gasteiger partial charge in [-0.15, -0.1) is 0 Å². The molecule has 12 nitrogen and oxygen atoms in total. The Labute approximate surface area is 193 Å². The maximum absolute atomic E-state index is 12.9. The van der Waals surface area contributed by atoms with Crippen LogP contribution in [-0.4, -0.2) is 75.3 Å². The van der Waals surface area contributed by atoms with Gasteiger partial charge in [0.15, 0.2) is 6.04 Å². The van der Waals surface area contributed by atoms with Crippen LogP contribution in [0, 0.1) is 11.8 Å². The maximum Gasteiger partial charge on any atom is 0.328 e. The Morgan fingerprint density at radius 2 is 1.24 bits per heavy atom. The zero-order valence-corrected chi connectivity index (χ0v) is 19.8. The van der Waals surface area contributed by atoms with Crippen molar-refractivity contribution >= 4 is 29.7 Å². The molecule has 0 fully saturated rings. The van der Waals surface area contributed by atoms with Crippen LogP contribution in [0.3, 0.4) is 0 Å².